The van der Waals surface area contributed by atoms with Crippen LogP contribution in [0.2, 0.25) is 0 Å². The fraction of sp³-hybridized carbons (Fsp3) is 0.0625. The average molecular weight is 403 g/mol. The highest BCUT2D eigenvalue weighted by Gasteiger charge is 2.22. The minimum Gasteiger partial charge on any atom is -0.448 e. The Hall–Kier alpha value is -3.07. The van der Waals surface area contributed by atoms with E-state index in [1.165, 1.54) is 30.6 Å². The van der Waals surface area contributed by atoms with Gasteiger partial charge in [-0.15, -0.1) is 0 Å². The third-order valence-corrected chi connectivity index (χ3v) is 3.78. The highest BCUT2D eigenvalue weighted by Crippen LogP contribution is 2.33. The molecule has 0 N–H and O–H groups in total. The number of pyridine rings is 1. The topological polar surface area (TPSA) is 100 Å². The van der Waals surface area contributed by atoms with Crippen molar-refractivity contribution in [3.05, 3.63) is 75.0 Å². The van der Waals surface area contributed by atoms with Gasteiger partial charge in [0.05, 0.1) is 11.1 Å². The second-order valence-corrected chi connectivity index (χ2v) is 5.99. The number of aryl methyl sites for hydroxylation is 1. The Balaban J connectivity index is 1.97. The van der Waals surface area contributed by atoms with Crippen molar-refractivity contribution < 1.29 is 14.5 Å². The largest absolute Gasteiger partial charge is 0.448 e. The Morgan fingerprint density at radius 2 is 2.12 bits per heavy atom. The number of aromatic nitrogens is 3. The van der Waals surface area contributed by atoms with Gasteiger partial charge in [-0.3, -0.25) is 19.9 Å². The van der Waals surface area contributed by atoms with E-state index in [1.807, 2.05) is 0 Å². The maximum Gasteiger partial charge on any atom is 0.312 e. The van der Waals surface area contributed by atoms with E-state index < -0.39 is 10.7 Å². The summed E-state index contributed by atoms with van der Waals surface area (Å²) in [5, 5.41) is 11.4. The van der Waals surface area contributed by atoms with Gasteiger partial charge in [0, 0.05) is 41.7 Å². The fourth-order valence-electron chi connectivity index (χ4n) is 2.18. The highest BCUT2D eigenvalue weighted by atomic mass is 79.9. The van der Waals surface area contributed by atoms with Crippen LogP contribution in [0.15, 0.2) is 53.5 Å². The lowest BCUT2D eigenvalue weighted by Crippen LogP contribution is -2.09. The van der Waals surface area contributed by atoms with Crippen LogP contribution in [0.25, 0.3) is 0 Å². The smallest absolute Gasteiger partial charge is 0.312 e. The van der Waals surface area contributed by atoms with Gasteiger partial charge in [-0.2, -0.15) is 0 Å². The lowest BCUT2D eigenvalue weighted by molar-refractivity contribution is -0.385. The van der Waals surface area contributed by atoms with Crippen molar-refractivity contribution in [2.45, 2.75) is 0 Å². The van der Waals surface area contributed by atoms with Crippen LogP contribution in [-0.2, 0) is 7.05 Å². The van der Waals surface area contributed by atoms with Gasteiger partial charge < -0.3 is 9.30 Å². The van der Waals surface area contributed by atoms with Crippen LogP contribution < -0.4 is 4.74 Å². The molecule has 8 nitrogen and oxygen atoms in total. The number of carbonyl (C=O) groups excluding carboxylic acids is 1. The number of benzene rings is 1. The van der Waals surface area contributed by atoms with E-state index >= 15 is 0 Å². The summed E-state index contributed by atoms with van der Waals surface area (Å²) < 4.78 is 7.76. The van der Waals surface area contributed by atoms with E-state index in [9.17, 15) is 14.9 Å². The van der Waals surface area contributed by atoms with E-state index in [1.54, 1.807) is 30.1 Å². The number of carbonyl (C=O) groups is 1. The Labute approximate surface area is 150 Å². The monoisotopic (exact) mass is 402 g/mol. The molecule has 0 saturated heterocycles. The summed E-state index contributed by atoms with van der Waals surface area (Å²) in [6.07, 6.45) is 6.11. The molecule has 3 rings (SSSR count). The first-order valence-electron chi connectivity index (χ1n) is 7.04. The number of rotatable bonds is 5. The zero-order valence-corrected chi connectivity index (χ0v) is 14.5. The predicted octanol–water partition coefficient (Wildman–Crippen LogP) is 3.51. The normalized spacial score (nSPS) is 10.5. The summed E-state index contributed by atoms with van der Waals surface area (Å²) in [4.78, 5) is 31.1. The Morgan fingerprint density at radius 3 is 2.76 bits per heavy atom. The van der Waals surface area contributed by atoms with Crippen molar-refractivity contribution in [2.24, 2.45) is 7.05 Å². The van der Waals surface area contributed by atoms with Gasteiger partial charge in [0.1, 0.15) is 5.75 Å². The van der Waals surface area contributed by atoms with Crippen LogP contribution in [0.3, 0.4) is 0 Å². The molecule has 0 amide bonds. The summed E-state index contributed by atoms with van der Waals surface area (Å²) in [7, 11) is 1.67. The molecule has 2 aromatic heterocycles. The summed E-state index contributed by atoms with van der Waals surface area (Å²) in [6.45, 7) is 0. The molecule has 0 spiro atoms. The lowest BCUT2D eigenvalue weighted by atomic mass is 10.1. The number of ketones is 1. The van der Waals surface area contributed by atoms with Crippen molar-refractivity contribution in [3.63, 3.8) is 0 Å². The third kappa shape index (κ3) is 3.56. The first kappa shape index (κ1) is 16.8. The minimum atomic E-state index is -0.601. The summed E-state index contributed by atoms with van der Waals surface area (Å²) >= 11 is 3.25. The van der Waals surface area contributed by atoms with E-state index in [0.717, 1.165) is 0 Å². The molecule has 25 heavy (non-hydrogen) atoms. The van der Waals surface area contributed by atoms with Gasteiger partial charge in [0.15, 0.2) is 5.82 Å². The number of ether oxygens (including phenoxy) is 1. The maximum atomic E-state index is 12.5. The molecular weight excluding hydrogens is 392 g/mol. The first-order valence-corrected chi connectivity index (χ1v) is 7.84. The van der Waals surface area contributed by atoms with E-state index in [2.05, 4.69) is 25.9 Å². The molecule has 0 saturated carbocycles. The molecule has 2 heterocycles. The molecule has 3 aromatic rings. The van der Waals surface area contributed by atoms with Crippen LogP contribution in [0, 0.1) is 10.1 Å². The lowest BCUT2D eigenvalue weighted by Gasteiger charge is -2.08. The molecule has 0 aliphatic rings. The summed E-state index contributed by atoms with van der Waals surface area (Å²) in [5.41, 5.74) is -0.166. The fourth-order valence-corrected chi connectivity index (χ4v) is 2.52. The van der Waals surface area contributed by atoms with Gasteiger partial charge in [0.25, 0.3) is 0 Å². The second-order valence-electron chi connectivity index (χ2n) is 5.07. The second kappa shape index (κ2) is 6.81. The van der Waals surface area contributed by atoms with Gasteiger partial charge in [0.2, 0.25) is 11.5 Å². The quantitative estimate of drug-likeness (QED) is 0.367. The van der Waals surface area contributed by atoms with Crippen LogP contribution in [0.1, 0.15) is 16.2 Å². The zero-order valence-electron chi connectivity index (χ0n) is 12.9. The Bertz CT molecular complexity index is 970. The molecule has 0 unspecified atom stereocenters. The molecule has 0 atom stereocenters. The van der Waals surface area contributed by atoms with Crippen LogP contribution in [0.5, 0.6) is 11.5 Å². The number of nitro benzene ring substituents is 1. The highest BCUT2D eigenvalue weighted by molar-refractivity contribution is 9.10. The number of hydrogen-bond donors (Lipinski definition) is 0. The molecule has 0 radical (unpaired) electrons. The molecule has 0 bridgehead atoms. The Morgan fingerprint density at radius 1 is 1.32 bits per heavy atom. The molecule has 0 aliphatic carbocycles. The van der Waals surface area contributed by atoms with Crippen molar-refractivity contribution in [2.75, 3.05) is 0 Å². The first-order chi connectivity index (χ1) is 12.0. The third-order valence-electron chi connectivity index (χ3n) is 3.35. The van der Waals surface area contributed by atoms with Gasteiger partial charge in [-0.1, -0.05) is 0 Å². The minimum absolute atomic E-state index is 0.0151. The van der Waals surface area contributed by atoms with Crippen molar-refractivity contribution in [1.82, 2.24) is 14.5 Å². The Kier molecular flexibility index (Phi) is 4.57. The summed E-state index contributed by atoms with van der Waals surface area (Å²) in [6, 6.07) is 5.65. The van der Waals surface area contributed by atoms with Crippen LogP contribution in [-0.4, -0.2) is 25.2 Å². The van der Waals surface area contributed by atoms with E-state index in [4.69, 9.17) is 4.74 Å². The van der Waals surface area contributed by atoms with Gasteiger partial charge >= 0.3 is 5.69 Å². The van der Waals surface area contributed by atoms with Crippen molar-refractivity contribution in [3.8, 4) is 11.5 Å². The van der Waals surface area contributed by atoms with E-state index in [0.29, 0.717) is 10.2 Å². The molecule has 1 aromatic carbocycles. The maximum absolute atomic E-state index is 12.5. The average Bonchev–Trinajstić information content (AvgIpc) is 3.00. The molecule has 126 valence electrons. The molecule has 0 fully saturated rings. The van der Waals surface area contributed by atoms with Crippen LogP contribution in [0.4, 0.5) is 5.69 Å². The number of imidazole rings is 1. The molecular formula is C16H11BrN4O4. The predicted molar refractivity (Wildman–Crippen MR) is 91.7 cm³/mol. The number of hydrogen-bond acceptors (Lipinski definition) is 6. The SMILES string of the molecule is Cn1ccnc1C(=O)c1ccc(Oc2cncc(Br)c2)c([N+](=O)[O-])c1. The van der Waals surface area contributed by atoms with Crippen molar-refractivity contribution >= 4 is 27.4 Å². The van der Waals surface area contributed by atoms with Gasteiger partial charge in [-0.25, -0.2) is 4.98 Å². The summed E-state index contributed by atoms with van der Waals surface area (Å²) in [5.74, 6) is 0.132. The van der Waals surface area contributed by atoms with E-state index in [-0.39, 0.29) is 22.8 Å². The molecule has 0 aliphatic heterocycles. The molecule has 9 heteroatoms. The number of nitro groups is 1. The zero-order chi connectivity index (χ0) is 18.0. The number of nitrogens with zero attached hydrogens (tertiary/aromatic N) is 4. The van der Waals surface area contributed by atoms with Crippen LogP contribution >= 0.6 is 15.9 Å². The number of halogens is 1. The van der Waals surface area contributed by atoms with Crippen molar-refractivity contribution in [1.29, 1.82) is 0 Å². The van der Waals surface area contributed by atoms with Gasteiger partial charge in [-0.05, 0) is 34.1 Å². The standard InChI is InChI=1S/C16H11BrN4O4/c1-20-5-4-19-16(20)15(22)10-2-3-14(13(6-10)21(23)24)25-12-7-11(17)8-18-9-12/h2-9H,1H3.